The van der Waals surface area contributed by atoms with Crippen LogP contribution in [0.25, 0.3) is 11.3 Å². The van der Waals surface area contributed by atoms with Gasteiger partial charge in [-0.2, -0.15) is 0 Å². The summed E-state index contributed by atoms with van der Waals surface area (Å²) in [6, 6.07) is 9.10. The van der Waals surface area contributed by atoms with Crippen molar-refractivity contribution in [3.63, 3.8) is 0 Å². The summed E-state index contributed by atoms with van der Waals surface area (Å²) in [5, 5.41) is 12.9. The molecule has 0 aliphatic carbocycles. The largest absolute Gasteiger partial charge is 0.475 e. The van der Waals surface area contributed by atoms with Crippen LogP contribution in [0.2, 0.25) is 0 Å². The summed E-state index contributed by atoms with van der Waals surface area (Å²) in [7, 11) is 2.84. The monoisotopic (exact) mass is 263 g/mol. The van der Waals surface area contributed by atoms with Gasteiger partial charge in [0.1, 0.15) is 5.69 Å². The lowest BCUT2D eigenvalue weighted by molar-refractivity contribution is -0.106. The summed E-state index contributed by atoms with van der Waals surface area (Å²) in [4.78, 5) is 11.2. The van der Waals surface area contributed by atoms with Gasteiger partial charge in [0.15, 0.2) is 6.29 Å². The molecule has 1 N–H and O–H groups in total. The van der Waals surface area contributed by atoms with Gasteiger partial charge in [0.2, 0.25) is 0 Å². The minimum Gasteiger partial charge on any atom is -0.475 e. The van der Waals surface area contributed by atoms with Gasteiger partial charge >= 0.3 is 5.97 Å². The second kappa shape index (κ2) is 5.64. The Balaban J connectivity index is 2.59. The highest BCUT2D eigenvalue weighted by atomic mass is 16.7. The van der Waals surface area contributed by atoms with Gasteiger partial charge in [-0.1, -0.05) is 35.5 Å². The Bertz CT molecular complexity index is 560. The van der Waals surface area contributed by atoms with E-state index in [-0.39, 0.29) is 11.3 Å². The number of nitrogens with zero attached hydrogens (tertiary/aromatic N) is 1. The molecule has 0 bridgehead atoms. The zero-order chi connectivity index (χ0) is 13.8. The third kappa shape index (κ3) is 2.49. The second-order valence-corrected chi connectivity index (χ2v) is 3.75. The van der Waals surface area contributed by atoms with Crippen molar-refractivity contribution in [3.8, 4) is 11.3 Å². The van der Waals surface area contributed by atoms with E-state index in [2.05, 4.69) is 5.16 Å². The number of benzene rings is 1. The highest BCUT2D eigenvalue weighted by Gasteiger charge is 2.29. The van der Waals surface area contributed by atoms with Crippen molar-refractivity contribution < 1.29 is 23.9 Å². The van der Waals surface area contributed by atoms with Gasteiger partial charge in [0, 0.05) is 19.8 Å². The Kier molecular flexibility index (Phi) is 3.94. The first-order valence-electron chi connectivity index (χ1n) is 5.53. The molecule has 0 spiro atoms. The molecule has 0 aliphatic rings. The minimum absolute atomic E-state index is 0.267. The van der Waals surface area contributed by atoms with E-state index in [1.54, 1.807) is 12.1 Å². The van der Waals surface area contributed by atoms with E-state index in [1.165, 1.54) is 14.2 Å². The maximum Gasteiger partial charge on any atom is 0.375 e. The molecule has 0 atom stereocenters. The molecule has 19 heavy (non-hydrogen) atoms. The third-order valence-corrected chi connectivity index (χ3v) is 2.63. The standard InChI is InChI=1S/C13H13NO5/c1-17-13(18-2)9-10(8-6-4-3-5-7-8)14-19-11(9)12(15)16/h3-7,13H,1-2H3,(H,15,16). The number of aromatic nitrogens is 1. The first-order chi connectivity index (χ1) is 9.19. The van der Waals surface area contributed by atoms with Gasteiger partial charge in [0.25, 0.3) is 5.76 Å². The van der Waals surface area contributed by atoms with E-state index < -0.39 is 12.3 Å². The van der Waals surface area contributed by atoms with Crippen molar-refractivity contribution in [2.75, 3.05) is 14.2 Å². The average molecular weight is 263 g/mol. The lowest BCUT2D eigenvalue weighted by atomic mass is 10.1. The summed E-state index contributed by atoms with van der Waals surface area (Å²) < 4.78 is 15.1. The summed E-state index contributed by atoms with van der Waals surface area (Å²) in [5.74, 6) is -1.50. The Labute approximate surface area is 109 Å². The molecule has 0 unspecified atom stereocenters. The highest BCUT2D eigenvalue weighted by Crippen LogP contribution is 2.32. The summed E-state index contributed by atoms with van der Waals surface area (Å²) in [6.45, 7) is 0. The maximum atomic E-state index is 11.2. The predicted octanol–water partition coefficient (Wildman–Crippen LogP) is 2.33. The molecule has 0 radical (unpaired) electrons. The van der Waals surface area contributed by atoms with Crippen LogP contribution >= 0.6 is 0 Å². The number of rotatable bonds is 5. The number of hydrogen-bond donors (Lipinski definition) is 1. The Morgan fingerprint density at radius 2 is 1.89 bits per heavy atom. The van der Waals surface area contributed by atoms with E-state index in [0.29, 0.717) is 5.69 Å². The predicted molar refractivity (Wildman–Crippen MR) is 65.7 cm³/mol. The molecule has 1 aromatic heterocycles. The van der Waals surface area contributed by atoms with Crippen molar-refractivity contribution >= 4 is 5.97 Å². The fourth-order valence-electron chi connectivity index (χ4n) is 1.81. The van der Waals surface area contributed by atoms with Crippen molar-refractivity contribution in [2.24, 2.45) is 0 Å². The normalized spacial score (nSPS) is 10.9. The molecule has 0 saturated carbocycles. The second-order valence-electron chi connectivity index (χ2n) is 3.75. The van der Waals surface area contributed by atoms with Crippen LogP contribution in [0, 0.1) is 0 Å². The average Bonchev–Trinajstić information content (AvgIpc) is 2.86. The molecule has 1 aromatic carbocycles. The van der Waals surface area contributed by atoms with Gasteiger partial charge in [-0.15, -0.1) is 0 Å². The van der Waals surface area contributed by atoms with E-state index in [0.717, 1.165) is 5.56 Å². The topological polar surface area (TPSA) is 81.8 Å². The molecular formula is C13H13NO5. The number of carboxylic acids is 1. The fourth-order valence-corrected chi connectivity index (χ4v) is 1.81. The molecule has 6 heteroatoms. The van der Waals surface area contributed by atoms with Gasteiger partial charge in [-0.05, 0) is 0 Å². The summed E-state index contributed by atoms with van der Waals surface area (Å²) >= 11 is 0. The lowest BCUT2D eigenvalue weighted by Crippen LogP contribution is -2.09. The number of carbonyl (C=O) groups is 1. The molecule has 100 valence electrons. The number of aromatic carboxylic acids is 1. The Morgan fingerprint density at radius 1 is 1.26 bits per heavy atom. The number of hydrogen-bond acceptors (Lipinski definition) is 5. The first kappa shape index (κ1) is 13.3. The number of ether oxygens (including phenoxy) is 2. The third-order valence-electron chi connectivity index (χ3n) is 2.63. The van der Waals surface area contributed by atoms with Crippen LogP contribution in [0.3, 0.4) is 0 Å². The fraction of sp³-hybridized carbons (Fsp3) is 0.231. The van der Waals surface area contributed by atoms with Gasteiger partial charge in [0.05, 0.1) is 5.56 Å². The molecule has 6 nitrogen and oxygen atoms in total. The van der Waals surface area contributed by atoms with Gasteiger partial charge in [-0.3, -0.25) is 0 Å². The number of methoxy groups -OCH3 is 2. The molecular weight excluding hydrogens is 250 g/mol. The van der Waals surface area contributed by atoms with Crippen LogP contribution in [0.1, 0.15) is 22.4 Å². The molecule has 0 fully saturated rings. The molecule has 0 amide bonds. The van der Waals surface area contributed by atoms with Crippen LogP contribution in [0.4, 0.5) is 0 Å². The molecule has 2 aromatic rings. The van der Waals surface area contributed by atoms with Crippen LogP contribution in [0.5, 0.6) is 0 Å². The van der Waals surface area contributed by atoms with Gasteiger partial charge in [-0.25, -0.2) is 4.79 Å². The first-order valence-corrected chi connectivity index (χ1v) is 5.53. The van der Waals surface area contributed by atoms with E-state index in [1.807, 2.05) is 18.2 Å². The molecule has 1 heterocycles. The smallest absolute Gasteiger partial charge is 0.375 e. The SMILES string of the molecule is COC(OC)c1c(-c2ccccc2)noc1C(=O)O. The molecule has 0 saturated heterocycles. The van der Waals surface area contributed by atoms with Crippen LogP contribution in [0.15, 0.2) is 34.9 Å². The maximum absolute atomic E-state index is 11.2. The van der Waals surface area contributed by atoms with Crippen molar-refractivity contribution in [2.45, 2.75) is 6.29 Å². The highest BCUT2D eigenvalue weighted by molar-refractivity contribution is 5.88. The van der Waals surface area contributed by atoms with E-state index in [4.69, 9.17) is 19.1 Å². The van der Waals surface area contributed by atoms with Crippen LogP contribution < -0.4 is 0 Å². The molecule has 0 aliphatic heterocycles. The minimum atomic E-state index is -1.22. The molecule has 2 rings (SSSR count). The van der Waals surface area contributed by atoms with Gasteiger partial charge < -0.3 is 19.1 Å². The van der Waals surface area contributed by atoms with Crippen molar-refractivity contribution in [3.05, 3.63) is 41.7 Å². The Hall–Kier alpha value is -2.18. The lowest BCUT2D eigenvalue weighted by Gasteiger charge is -2.13. The quantitative estimate of drug-likeness (QED) is 0.834. The van der Waals surface area contributed by atoms with Crippen molar-refractivity contribution in [1.82, 2.24) is 5.16 Å². The number of carboxylic acid groups (broad SMARTS) is 1. The van der Waals surface area contributed by atoms with Crippen LogP contribution in [-0.4, -0.2) is 30.5 Å². The zero-order valence-corrected chi connectivity index (χ0v) is 10.5. The zero-order valence-electron chi connectivity index (χ0n) is 10.5. The van der Waals surface area contributed by atoms with Crippen LogP contribution in [-0.2, 0) is 9.47 Å². The summed E-state index contributed by atoms with van der Waals surface area (Å²) in [6.07, 6.45) is -0.854. The van der Waals surface area contributed by atoms with E-state index >= 15 is 0 Å². The summed E-state index contributed by atoms with van der Waals surface area (Å²) in [5.41, 5.74) is 1.39. The van der Waals surface area contributed by atoms with Crippen molar-refractivity contribution in [1.29, 1.82) is 0 Å². The van der Waals surface area contributed by atoms with E-state index in [9.17, 15) is 4.79 Å². The Morgan fingerprint density at radius 3 is 2.42 bits per heavy atom.